The minimum Gasteiger partial charge on any atom is -0.478 e. The molecule has 104 valence electrons. The smallest absolute Gasteiger partial charge is 0.335 e. The van der Waals surface area contributed by atoms with Gasteiger partial charge in [0.05, 0.1) is 5.56 Å². The molecule has 1 aliphatic rings. The summed E-state index contributed by atoms with van der Waals surface area (Å²) >= 11 is 0. The van der Waals surface area contributed by atoms with Crippen molar-refractivity contribution in [2.24, 2.45) is 17.8 Å². The highest BCUT2D eigenvalue weighted by atomic mass is 16.4. The fourth-order valence-corrected chi connectivity index (χ4v) is 3.57. The van der Waals surface area contributed by atoms with Gasteiger partial charge in [0.15, 0.2) is 0 Å². The van der Waals surface area contributed by atoms with Crippen molar-refractivity contribution >= 4 is 5.97 Å². The van der Waals surface area contributed by atoms with Gasteiger partial charge in [-0.05, 0) is 48.1 Å². The van der Waals surface area contributed by atoms with Crippen LogP contribution in [0.3, 0.4) is 0 Å². The number of carboxylic acids is 1. The van der Waals surface area contributed by atoms with E-state index < -0.39 is 5.97 Å². The Bertz CT molecular complexity index is 450. The van der Waals surface area contributed by atoms with Gasteiger partial charge in [0.2, 0.25) is 0 Å². The Balaban J connectivity index is 2.39. The predicted octanol–water partition coefficient (Wildman–Crippen LogP) is 4.56. The van der Waals surface area contributed by atoms with E-state index in [1.807, 2.05) is 18.2 Å². The molecule has 1 saturated carbocycles. The SMILES string of the molecule is CC1CCC(C(C)C)C(c2ccccc2C(=O)O)C1. The van der Waals surface area contributed by atoms with Gasteiger partial charge in [0.25, 0.3) is 0 Å². The number of rotatable bonds is 3. The number of hydrogen-bond acceptors (Lipinski definition) is 1. The Kier molecular flexibility index (Phi) is 4.28. The first-order chi connectivity index (χ1) is 9.00. The van der Waals surface area contributed by atoms with E-state index in [-0.39, 0.29) is 0 Å². The number of aromatic carboxylic acids is 1. The summed E-state index contributed by atoms with van der Waals surface area (Å²) in [5, 5.41) is 9.39. The predicted molar refractivity (Wildman–Crippen MR) is 77.5 cm³/mol. The van der Waals surface area contributed by atoms with Gasteiger partial charge in [-0.3, -0.25) is 0 Å². The molecule has 0 radical (unpaired) electrons. The van der Waals surface area contributed by atoms with Crippen molar-refractivity contribution in [3.05, 3.63) is 35.4 Å². The van der Waals surface area contributed by atoms with Gasteiger partial charge in [-0.15, -0.1) is 0 Å². The third-order valence-corrected chi connectivity index (χ3v) is 4.61. The van der Waals surface area contributed by atoms with Crippen molar-refractivity contribution in [1.82, 2.24) is 0 Å². The van der Waals surface area contributed by atoms with E-state index in [1.165, 1.54) is 12.8 Å². The average Bonchev–Trinajstić information content (AvgIpc) is 2.38. The van der Waals surface area contributed by atoms with Gasteiger partial charge in [-0.1, -0.05) is 45.4 Å². The minimum atomic E-state index is -0.795. The molecule has 0 saturated heterocycles. The molecule has 1 fully saturated rings. The van der Waals surface area contributed by atoms with E-state index in [9.17, 15) is 9.90 Å². The summed E-state index contributed by atoms with van der Waals surface area (Å²) in [5.41, 5.74) is 1.53. The normalized spacial score (nSPS) is 27.5. The van der Waals surface area contributed by atoms with Gasteiger partial charge in [-0.2, -0.15) is 0 Å². The summed E-state index contributed by atoms with van der Waals surface area (Å²) in [4.78, 5) is 11.4. The lowest BCUT2D eigenvalue weighted by Crippen LogP contribution is -2.27. The molecule has 1 aliphatic carbocycles. The number of hydrogen-bond donors (Lipinski definition) is 1. The molecule has 0 bridgehead atoms. The second-order valence-corrected chi connectivity index (χ2v) is 6.32. The maximum atomic E-state index is 11.4. The van der Waals surface area contributed by atoms with Crippen LogP contribution in [-0.4, -0.2) is 11.1 Å². The Labute approximate surface area is 115 Å². The molecule has 1 aromatic carbocycles. The van der Waals surface area contributed by atoms with Crippen LogP contribution in [0.2, 0.25) is 0 Å². The Morgan fingerprint density at radius 2 is 1.95 bits per heavy atom. The van der Waals surface area contributed by atoms with Crippen molar-refractivity contribution in [2.45, 2.75) is 46.0 Å². The molecule has 0 aliphatic heterocycles. The molecule has 3 atom stereocenters. The summed E-state index contributed by atoms with van der Waals surface area (Å²) in [6.45, 7) is 6.81. The first kappa shape index (κ1) is 14.1. The molecule has 2 rings (SSSR count). The molecule has 2 nitrogen and oxygen atoms in total. The van der Waals surface area contributed by atoms with E-state index in [1.54, 1.807) is 6.07 Å². The topological polar surface area (TPSA) is 37.3 Å². The standard InChI is InChI=1S/C17H24O2/c1-11(2)13-9-8-12(3)10-16(13)14-6-4-5-7-15(14)17(18)19/h4-7,11-13,16H,8-10H2,1-3H3,(H,18,19). The monoisotopic (exact) mass is 260 g/mol. The van der Waals surface area contributed by atoms with Crippen LogP contribution in [-0.2, 0) is 0 Å². The Hall–Kier alpha value is -1.31. The molecule has 0 spiro atoms. The summed E-state index contributed by atoms with van der Waals surface area (Å²) in [7, 11) is 0. The van der Waals surface area contributed by atoms with Crippen molar-refractivity contribution in [3.63, 3.8) is 0 Å². The second-order valence-electron chi connectivity index (χ2n) is 6.32. The van der Waals surface area contributed by atoms with Crippen molar-refractivity contribution in [3.8, 4) is 0 Å². The van der Waals surface area contributed by atoms with E-state index >= 15 is 0 Å². The van der Waals surface area contributed by atoms with Crippen LogP contribution in [0.1, 0.15) is 61.9 Å². The van der Waals surface area contributed by atoms with Crippen LogP contribution >= 0.6 is 0 Å². The summed E-state index contributed by atoms with van der Waals surface area (Å²) in [5.74, 6) is 1.52. The highest BCUT2D eigenvalue weighted by molar-refractivity contribution is 5.89. The lowest BCUT2D eigenvalue weighted by atomic mass is 9.67. The molecule has 0 aromatic heterocycles. The van der Waals surface area contributed by atoms with E-state index in [0.29, 0.717) is 29.2 Å². The lowest BCUT2D eigenvalue weighted by Gasteiger charge is -2.38. The summed E-state index contributed by atoms with van der Waals surface area (Å²) in [6, 6.07) is 7.55. The zero-order chi connectivity index (χ0) is 14.0. The summed E-state index contributed by atoms with van der Waals surface area (Å²) in [6.07, 6.45) is 3.61. The molecule has 19 heavy (non-hydrogen) atoms. The van der Waals surface area contributed by atoms with Gasteiger partial charge in [0, 0.05) is 0 Å². The van der Waals surface area contributed by atoms with Crippen LogP contribution in [0.4, 0.5) is 0 Å². The van der Waals surface area contributed by atoms with Gasteiger partial charge in [0.1, 0.15) is 0 Å². The molecule has 2 heteroatoms. The molecular weight excluding hydrogens is 236 g/mol. The molecule has 3 unspecified atom stereocenters. The van der Waals surface area contributed by atoms with Crippen LogP contribution in [0.25, 0.3) is 0 Å². The van der Waals surface area contributed by atoms with Crippen molar-refractivity contribution in [2.75, 3.05) is 0 Å². The molecule has 1 aromatic rings. The van der Waals surface area contributed by atoms with Gasteiger partial charge < -0.3 is 5.11 Å². The number of carboxylic acid groups (broad SMARTS) is 1. The minimum absolute atomic E-state index is 0.399. The number of carbonyl (C=O) groups is 1. The van der Waals surface area contributed by atoms with Crippen LogP contribution in [0.5, 0.6) is 0 Å². The first-order valence-corrected chi connectivity index (χ1v) is 7.33. The molecular formula is C17H24O2. The van der Waals surface area contributed by atoms with Gasteiger partial charge >= 0.3 is 5.97 Å². The maximum absolute atomic E-state index is 11.4. The van der Waals surface area contributed by atoms with E-state index in [0.717, 1.165) is 12.0 Å². The third kappa shape index (κ3) is 2.99. The third-order valence-electron chi connectivity index (χ3n) is 4.61. The maximum Gasteiger partial charge on any atom is 0.335 e. The molecule has 0 heterocycles. The largest absolute Gasteiger partial charge is 0.478 e. The Morgan fingerprint density at radius 3 is 2.58 bits per heavy atom. The highest BCUT2D eigenvalue weighted by Crippen LogP contribution is 2.44. The van der Waals surface area contributed by atoms with Crippen LogP contribution < -0.4 is 0 Å². The second kappa shape index (κ2) is 5.77. The fraction of sp³-hybridized carbons (Fsp3) is 0.588. The van der Waals surface area contributed by atoms with Crippen LogP contribution in [0.15, 0.2) is 24.3 Å². The lowest BCUT2D eigenvalue weighted by molar-refractivity contribution is 0.0692. The number of benzene rings is 1. The van der Waals surface area contributed by atoms with E-state index in [4.69, 9.17) is 0 Å². The van der Waals surface area contributed by atoms with Crippen molar-refractivity contribution in [1.29, 1.82) is 0 Å². The zero-order valence-electron chi connectivity index (χ0n) is 12.1. The molecule has 1 N–H and O–H groups in total. The first-order valence-electron chi connectivity index (χ1n) is 7.33. The van der Waals surface area contributed by atoms with Crippen LogP contribution in [0, 0.1) is 17.8 Å². The summed E-state index contributed by atoms with van der Waals surface area (Å²) < 4.78 is 0. The quantitative estimate of drug-likeness (QED) is 0.865. The Morgan fingerprint density at radius 1 is 1.26 bits per heavy atom. The van der Waals surface area contributed by atoms with Crippen molar-refractivity contribution < 1.29 is 9.90 Å². The van der Waals surface area contributed by atoms with E-state index in [2.05, 4.69) is 20.8 Å². The average molecular weight is 260 g/mol. The molecule has 0 amide bonds. The zero-order valence-corrected chi connectivity index (χ0v) is 12.1. The van der Waals surface area contributed by atoms with Gasteiger partial charge in [-0.25, -0.2) is 4.79 Å². The fourth-order valence-electron chi connectivity index (χ4n) is 3.57. The highest BCUT2D eigenvalue weighted by Gasteiger charge is 2.33.